The molecule has 1 unspecified atom stereocenters. The number of rotatable bonds is 5. The van der Waals surface area contributed by atoms with Crippen LogP contribution in [0.4, 0.5) is 4.39 Å². The van der Waals surface area contributed by atoms with Crippen molar-refractivity contribution in [2.24, 2.45) is 0 Å². The number of likely N-dealkylation sites (N-methyl/N-ethyl adjacent to an activating group) is 1. The molecule has 2 aromatic rings. The SMILES string of the molecule is CCNC(Cc1cc(F)ccc1Cl)c1cc(C)c(C)s1. The quantitative estimate of drug-likeness (QED) is 0.814. The predicted molar refractivity (Wildman–Crippen MR) is 85.3 cm³/mol. The lowest BCUT2D eigenvalue weighted by Crippen LogP contribution is -2.22. The molecule has 4 heteroatoms. The molecule has 1 aromatic heterocycles. The Morgan fingerprint density at radius 2 is 2.05 bits per heavy atom. The van der Waals surface area contributed by atoms with E-state index in [1.165, 1.54) is 27.5 Å². The van der Waals surface area contributed by atoms with E-state index in [1.807, 2.05) is 0 Å². The summed E-state index contributed by atoms with van der Waals surface area (Å²) in [4.78, 5) is 2.61. The zero-order valence-electron chi connectivity index (χ0n) is 12.0. The predicted octanol–water partition coefficient (Wildman–Crippen LogP) is 5.05. The van der Waals surface area contributed by atoms with Crippen molar-refractivity contribution in [3.05, 3.63) is 56.0 Å². The standard InChI is InChI=1S/C16H19ClFNS/c1-4-19-15(16-7-10(2)11(3)20-16)9-12-8-13(18)5-6-14(12)17/h5-8,15,19H,4,9H2,1-3H3. The molecule has 0 saturated heterocycles. The van der Waals surface area contributed by atoms with Crippen molar-refractivity contribution in [2.45, 2.75) is 33.2 Å². The normalized spacial score (nSPS) is 12.7. The van der Waals surface area contributed by atoms with Crippen LogP contribution in [0.2, 0.25) is 5.02 Å². The molecule has 1 heterocycles. The highest BCUT2D eigenvalue weighted by atomic mass is 35.5. The van der Waals surface area contributed by atoms with E-state index in [2.05, 4.69) is 32.2 Å². The summed E-state index contributed by atoms with van der Waals surface area (Å²) in [5, 5.41) is 4.09. The molecule has 1 nitrogen and oxygen atoms in total. The average molecular weight is 312 g/mol. The molecular formula is C16H19ClFNS. The summed E-state index contributed by atoms with van der Waals surface area (Å²) < 4.78 is 13.4. The van der Waals surface area contributed by atoms with Crippen LogP contribution < -0.4 is 5.32 Å². The van der Waals surface area contributed by atoms with E-state index in [0.29, 0.717) is 11.4 Å². The first-order valence-electron chi connectivity index (χ1n) is 6.75. The number of halogens is 2. The van der Waals surface area contributed by atoms with Gasteiger partial charge >= 0.3 is 0 Å². The molecule has 0 radical (unpaired) electrons. The second-order valence-corrected chi connectivity index (χ2v) is 6.63. The molecule has 1 atom stereocenters. The third kappa shape index (κ3) is 3.60. The molecule has 0 spiro atoms. The molecule has 0 saturated carbocycles. The summed E-state index contributed by atoms with van der Waals surface area (Å²) in [6, 6.07) is 6.94. The molecule has 2 rings (SSSR count). The van der Waals surface area contributed by atoms with E-state index in [9.17, 15) is 4.39 Å². The van der Waals surface area contributed by atoms with Crippen LogP contribution in [0.3, 0.4) is 0 Å². The number of thiophene rings is 1. The van der Waals surface area contributed by atoms with Crippen LogP contribution in [0.25, 0.3) is 0 Å². The van der Waals surface area contributed by atoms with Crippen LogP contribution >= 0.6 is 22.9 Å². The van der Waals surface area contributed by atoms with Gasteiger partial charge in [-0.05, 0) is 62.2 Å². The van der Waals surface area contributed by atoms with Crippen LogP contribution in [0, 0.1) is 19.7 Å². The average Bonchev–Trinajstić information content (AvgIpc) is 2.73. The van der Waals surface area contributed by atoms with E-state index in [1.54, 1.807) is 17.4 Å². The number of nitrogens with one attached hydrogen (secondary N) is 1. The summed E-state index contributed by atoms with van der Waals surface area (Å²) in [6.07, 6.45) is 0.698. The van der Waals surface area contributed by atoms with Crippen LogP contribution in [0.15, 0.2) is 24.3 Å². The number of hydrogen-bond acceptors (Lipinski definition) is 2. The third-order valence-corrected chi connectivity index (χ3v) is 5.05. The van der Waals surface area contributed by atoms with Crippen molar-refractivity contribution >= 4 is 22.9 Å². The smallest absolute Gasteiger partial charge is 0.123 e. The van der Waals surface area contributed by atoms with E-state index in [-0.39, 0.29) is 11.9 Å². The van der Waals surface area contributed by atoms with Gasteiger partial charge in [0.2, 0.25) is 0 Å². The molecule has 0 aliphatic carbocycles. The number of hydrogen-bond donors (Lipinski definition) is 1. The van der Waals surface area contributed by atoms with Crippen molar-refractivity contribution in [3.63, 3.8) is 0 Å². The lowest BCUT2D eigenvalue weighted by molar-refractivity contribution is 0.554. The number of aryl methyl sites for hydroxylation is 2. The highest BCUT2D eigenvalue weighted by Crippen LogP contribution is 2.30. The Kier molecular flexibility index (Phi) is 5.19. The fourth-order valence-electron chi connectivity index (χ4n) is 2.21. The van der Waals surface area contributed by atoms with E-state index >= 15 is 0 Å². The van der Waals surface area contributed by atoms with Gasteiger partial charge in [0.15, 0.2) is 0 Å². The maximum absolute atomic E-state index is 13.4. The van der Waals surface area contributed by atoms with Gasteiger partial charge in [-0.25, -0.2) is 4.39 Å². The summed E-state index contributed by atoms with van der Waals surface area (Å²) in [5.41, 5.74) is 2.15. The van der Waals surface area contributed by atoms with E-state index in [4.69, 9.17) is 11.6 Å². The Morgan fingerprint density at radius 3 is 2.65 bits per heavy atom. The van der Waals surface area contributed by atoms with E-state index in [0.717, 1.165) is 12.1 Å². The van der Waals surface area contributed by atoms with Crippen LogP contribution in [-0.4, -0.2) is 6.54 Å². The molecule has 108 valence electrons. The van der Waals surface area contributed by atoms with Gasteiger partial charge in [-0.2, -0.15) is 0 Å². The first-order chi connectivity index (χ1) is 9.51. The monoisotopic (exact) mass is 311 g/mol. The van der Waals surface area contributed by atoms with Gasteiger partial charge < -0.3 is 5.32 Å². The van der Waals surface area contributed by atoms with Gasteiger partial charge in [0.25, 0.3) is 0 Å². The van der Waals surface area contributed by atoms with Crippen LogP contribution in [0.1, 0.15) is 33.8 Å². The molecule has 0 aliphatic rings. The van der Waals surface area contributed by atoms with Crippen molar-refractivity contribution < 1.29 is 4.39 Å². The van der Waals surface area contributed by atoms with Crippen molar-refractivity contribution in [1.82, 2.24) is 5.32 Å². The second kappa shape index (κ2) is 6.70. The molecule has 0 bridgehead atoms. The maximum Gasteiger partial charge on any atom is 0.123 e. The fraction of sp³-hybridized carbons (Fsp3) is 0.375. The van der Waals surface area contributed by atoms with Gasteiger partial charge in [-0.1, -0.05) is 18.5 Å². The van der Waals surface area contributed by atoms with Crippen molar-refractivity contribution in [3.8, 4) is 0 Å². The minimum Gasteiger partial charge on any atom is -0.309 e. The van der Waals surface area contributed by atoms with Gasteiger partial charge in [-0.3, -0.25) is 0 Å². The molecule has 20 heavy (non-hydrogen) atoms. The molecule has 1 N–H and O–H groups in total. The Balaban J connectivity index is 2.27. The maximum atomic E-state index is 13.4. The molecule has 0 fully saturated rings. The fourth-order valence-corrected chi connectivity index (χ4v) is 3.53. The van der Waals surface area contributed by atoms with Crippen LogP contribution in [0.5, 0.6) is 0 Å². The molecule has 0 amide bonds. The summed E-state index contributed by atoms with van der Waals surface area (Å²) in [6.45, 7) is 7.19. The number of benzene rings is 1. The molecule has 0 aliphatic heterocycles. The Morgan fingerprint density at radius 1 is 1.30 bits per heavy atom. The molecule has 1 aromatic carbocycles. The summed E-state index contributed by atoms with van der Waals surface area (Å²) in [7, 11) is 0. The highest BCUT2D eigenvalue weighted by molar-refractivity contribution is 7.12. The van der Waals surface area contributed by atoms with Crippen molar-refractivity contribution in [1.29, 1.82) is 0 Å². The van der Waals surface area contributed by atoms with Crippen molar-refractivity contribution in [2.75, 3.05) is 6.54 Å². The lowest BCUT2D eigenvalue weighted by Gasteiger charge is -2.17. The lowest BCUT2D eigenvalue weighted by atomic mass is 10.0. The zero-order chi connectivity index (χ0) is 14.7. The Bertz CT molecular complexity index is 575. The van der Waals surface area contributed by atoms with Crippen LogP contribution in [-0.2, 0) is 6.42 Å². The summed E-state index contributed by atoms with van der Waals surface area (Å²) >= 11 is 7.97. The van der Waals surface area contributed by atoms with Gasteiger partial charge in [0, 0.05) is 20.8 Å². The van der Waals surface area contributed by atoms with E-state index < -0.39 is 0 Å². The third-order valence-electron chi connectivity index (χ3n) is 3.41. The van der Waals surface area contributed by atoms with Gasteiger partial charge in [0.05, 0.1) is 0 Å². The molecular weight excluding hydrogens is 293 g/mol. The second-order valence-electron chi connectivity index (χ2n) is 4.94. The Hall–Kier alpha value is -0.900. The minimum atomic E-state index is -0.238. The minimum absolute atomic E-state index is 0.178. The first kappa shape index (κ1) is 15.5. The first-order valence-corrected chi connectivity index (χ1v) is 7.95. The van der Waals surface area contributed by atoms with Gasteiger partial charge in [-0.15, -0.1) is 11.3 Å². The summed E-state index contributed by atoms with van der Waals surface area (Å²) in [5.74, 6) is -0.238. The highest BCUT2D eigenvalue weighted by Gasteiger charge is 2.16. The largest absolute Gasteiger partial charge is 0.309 e. The Labute approximate surface area is 128 Å². The topological polar surface area (TPSA) is 12.0 Å². The zero-order valence-corrected chi connectivity index (χ0v) is 13.5. The van der Waals surface area contributed by atoms with Gasteiger partial charge in [0.1, 0.15) is 5.82 Å².